The van der Waals surface area contributed by atoms with E-state index in [2.05, 4.69) is 10.3 Å². The molecule has 1 aliphatic heterocycles. The minimum atomic E-state index is -4.73. The van der Waals surface area contributed by atoms with Crippen LogP contribution in [0.5, 0.6) is 11.5 Å². The molecule has 7 nitrogen and oxygen atoms in total. The minimum Gasteiger partial charge on any atom is -0.490 e. The largest absolute Gasteiger partial charge is 0.490 e. The molecule has 1 amide bonds. The number of nitrogens with two attached hydrogens (primary N) is 2. The molecule has 1 aromatic heterocycles. The van der Waals surface area contributed by atoms with Crippen LogP contribution in [-0.4, -0.2) is 36.3 Å². The van der Waals surface area contributed by atoms with E-state index in [1.165, 1.54) is 42.5 Å². The molecule has 216 valence electrons. The van der Waals surface area contributed by atoms with Crippen LogP contribution < -0.4 is 26.3 Å². The molecular weight excluding hydrogens is 540 g/mol. The first kappa shape index (κ1) is 28.3. The number of halogens is 4. The summed E-state index contributed by atoms with van der Waals surface area (Å²) in [4.78, 5) is 17.5. The van der Waals surface area contributed by atoms with Gasteiger partial charge in [-0.2, -0.15) is 13.2 Å². The maximum absolute atomic E-state index is 14.4. The Balaban J connectivity index is 1.47. The number of nitrogens with zero attached hydrogens (tertiary/aromatic N) is 1. The summed E-state index contributed by atoms with van der Waals surface area (Å²) in [7, 11) is 0. The van der Waals surface area contributed by atoms with E-state index in [4.69, 9.17) is 20.9 Å². The number of anilines is 1. The van der Waals surface area contributed by atoms with E-state index >= 15 is 0 Å². The topological polar surface area (TPSA) is 112 Å². The Bertz CT molecular complexity index is 1500. The van der Waals surface area contributed by atoms with Crippen LogP contribution >= 0.6 is 0 Å². The molecule has 41 heavy (non-hydrogen) atoms. The van der Waals surface area contributed by atoms with Gasteiger partial charge in [0.2, 0.25) is 0 Å². The summed E-state index contributed by atoms with van der Waals surface area (Å²) >= 11 is 0. The van der Waals surface area contributed by atoms with Crippen LogP contribution in [0, 0.1) is 5.82 Å². The van der Waals surface area contributed by atoms with Crippen LogP contribution in [-0.2, 0) is 0 Å². The zero-order chi connectivity index (χ0) is 29.5. The lowest BCUT2D eigenvalue weighted by Gasteiger charge is -2.22. The zero-order valence-corrected chi connectivity index (χ0v) is 22.5. The molecule has 1 fully saturated rings. The van der Waals surface area contributed by atoms with E-state index in [1.807, 2.05) is 6.92 Å². The number of nitrogen functional groups attached to an aromatic ring is 1. The van der Waals surface area contributed by atoms with Gasteiger partial charge in [-0.15, -0.1) is 0 Å². The molecule has 5 rings (SSSR count). The molecule has 0 saturated heterocycles. The second-order valence-corrected chi connectivity index (χ2v) is 10.5. The lowest BCUT2D eigenvalue weighted by molar-refractivity contribution is -0.149. The molecule has 2 heterocycles. The number of allylic oxidation sites excluding steroid dienone is 1. The summed E-state index contributed by atoms with van der Waals surface area (Å²) in [6.07, 6.45) is -1.49. The maximum Gasteiger partial charge on any atom is 0.398 e. The first-order valence-electron chi connectivity index (χ1n) is 13.2. The number of hydrogen-bond acceptors (Lipinski definition) is 6. The quantitative estimate of drug-likeness (QED) is 0.230. The van der Waals surface area contributed by atoms with Gasteiger partial charge in [0, 0.05) is 40.4 Å². The number of alkyl halides is 3. The summed E-state index contributed by atoms with van der Waals surface area (Å²) < 4.78 is 68.5. The number of ether oxygens (including phenoxy) is 2. The van der Waals surface area contributed by atoms with Crippen molar-refractivity contribution < 1.29 is 31.8 Å². The number of pyridine rings is 1. The van der Waals surface area contributed by atoms with E-state index in [9.17, 15) is 22.4 Å². The van der Waals surface area contributed by atoms with Gasteiger partial charge < -0.3 is 26.3 Å². The number of benzene rings is 2. The van der Waals surface area contributed by atoms with Gasteiger partial charge in [0.1, 0.15) is 28.9 Å². The second-order valence-electron chi connectivity index (χ2n) is 10.5. The Hall–Kier alpha value is -4.28. The molecular formula is C30H30F4N4O3. The molecule has 3 aromatic rings. The van der Waals surface area contributed by atoms with Crippen molar-refractivity contribution in [1.82, 2.24) is 10.3 Å². The number of rotatable bonds is 8. The summed E-state index contributed by atoms with van der Waals surface area (Å²) in [5.41, 5.74) is 14.2. The van der Waals surface area contributed by atoms with Crippen LogP contribution in [0.1, 0.15) is 65.7 Å². The summed E-state index contributed by atoms with van der Waals surface area (Å²) in [5.74, 6) is -2.87. The van der Waals surface area contributed by atoms with E-state index in [0.717, 1.165) is 12.8 Å². The van der Waals surface area contributed by atoms with Crippen molar-refractivity contribution in [1.29, 1.82) is 0 Å². The van der Waals surface area contributed by atoms with Crippen LogP contribution in [0.2, 0.25) is 0 Å². The SMILES string of the molecule is C/C(N)=C/c1cc(C(=O)NCC(c2cc3c(c(-c4ccc(F)cc4)n2)OCC3C)C(F)(F)F)cc(OC2CC2)c1N. The molecule has 1 aliphatic carbocycles. The van der Waals surface area contributed by atoms with Crippen molar-refractivity contribution in [3.05, 3.63) is 76.4 Å². The lowest BCUT2D eigenvalue weighted by Crippen LogP contribution is -2.35. The third-order valence-electron chi connectivity index (χ3n) is 7.00. The Morgan fingerprint density at radius 2 is 1.93 bits per heavy atom. The van der Waals surface area contributed by atoms with Crippen molar-refractivity contribution in [2.24, 2.45) is 5.73 Å². The third kappa shape index (κ3) is 6.23. The van der Waals surface area contributed by atoms with Gasteiger partial charge in [-0.25, -0.2) is 9.37 Å². The molecule has 11 heteroatoms. The molecule has 0 radical (unpaired) electrons. The molecule has 2 atom stereocenters. The Labute approximate surface area is 234 Å². The highest BCUT2D eigenvalue weighted by atomic mass is 19.4. The number of aromatic nitrogens is 1. The summed E-state index contributed by atoms with van der Waals surface area (Å²) in [6.45, 7) is 3.00. The zero-order valence-electron chi connectivity index (χ0n) is 22.5. The molecule has 0 bridgehead atoms. The fourth-order valence-electron chi connectivity index (χ4n) is 4.66. The van der Waals surface area contributed by atoms with Crippen LogP contribution in [0.15, 0.2) is 48.2 Å². The van der Waals surface area contributed by atoms with Gasteiger partial charge in [0.15, 0.2) is 0 Å². The smallest absolute Gasteiger partial charge is 0.398 e. The number of fused-ring (bicyclic) bond motifs is 1. The Morgan fingerprint density at radius 1 is 1.22 bits per heavy atom. The van der Waals surface area contributed by atoms with Crippen molar-refractivity contribution in [2.75, 3.05) is 18.9 Å². The van der Waals surface area contributed by atoms with E-state index in [0.29, 0.717) is 33.8 Å². The number of nitrogens with one attached hydrogen (secondary N) is 1. The first-order chi connectivity index (χ1) is 19.4. The molecule has 2 aliphatic rings. The van der Waals surface area contributed by atoms with Gasteiger partial charge in [-0.3, -0.25) is 4.79 Å². The molecule has 2 unspecified atom stereocenters. The average molecular weight is 571 g/mol. The van der Waals surface area contributed by atoms with Crippen molar-refractivity contribution in [3.63, 3.8) is 0 Å². The van der Waals surface area contributed by atoms with Gasteiger partial charge in [-0.1, -0.05) is 6.92 Å². The number of carbonyl (C=O) groups is 1. The number of amides is 1. The fourth-order valence-corrected chi connectivity index (χ4v) is 4.66. The predicted molar refractivity (Wildman–Crippen MR) is 147 cm³/mol. The predicted octanol–water partition coefficient (Wildman–Crippen LogP) is 5.90. The van der Waals surface area contributed by atoms with Crippen molar-refractivity contribution >= 4 is 17.7 Å². The normalized spacial score (nSPS) is 17.5. The van der Waals surface area contributed by atoms with Crippen LogP contribution in [0.25, 0.3) is 17.3 Å². The molecule has 5 N–H and O–H groups in total. The van der Waals surface area contributed by atoms with Crippen LogP contribution in [0.4, 0.5) is 23.2 Å². The van der Waals surface area contributed by atoms with Crippen LogP contribution in [0.3, 0.4) is 0 Å². The molecule has 0 spiro atoms. The Morgan fingerprint density at radius 3 is 2.56 bits per heavy atom. The molecule has 1 saturated carbocycles. The van der Waals surface area contributed by atoms with Gasteiger partial charge in [0.25, 0.3) is 5.91 Å². The number of carbonyl (C=O) groups excluding carboxylic acids is 1. The summed E-state index contributed by atoms with van der Waals surface area (Å²) in [6, 6.07) is 9.56. The second kappa shape index (κ2) is 10.9. The van der Waals surface area contributed by atoms with Gasteiger partial charge in [-0.05, 0) is 68.3 Å². The standard InChI is InChI=1S/C30H30F4N4O3/c1-15-14-40-28-22(15)12-24(38-27(28)17-3-5-20(31)6-4-17)23(30(32,33)34)13-37-29(39)19-10-18(9-16(2)35)26(36)25(11-19)41-21-7-8-21/h3-6,9-12,15,21,23H,7-8,13-14,35-36H2,1-2H3,(H,37,39)/b16-9-. The highest BCUT2D eigenvalue weighted by molar-refractivity contribution is 5.96. The van der Waals surface area contributed by atoms with E-state index in [1.54, 1.807) is 13.0 Å². The van der Waals surface area contributed by atoms with Crippen molar-refractivity contribution in [3.8, 4) is 22.8 Å². The van der Waals surface area contributed by atoms with E-state index < -0.39 is 30.4 Å². The minimum absolute atomic E-state index is 0.0198. The molecule has 2 aromatic carbocycles. The summed E-state index contributed by atoms with van der Waals surface area (Å²) in [5, 5.41) is 2.42. The Kier molecular flexibility index (Phi) is 7.54. The first-order valence-corrected chi connectivity index (χ1v) is 13.2. The fraction of sp³-hybridized carbons (Fsp3) is 0.333. The van der Waals surface area contributed by atoms with Gasteiger partial charge >= 0.3 is 6.18 Å². The van der Waals surface area contributed by atoms with Crippen molar-refractivity contribution in [2.45, 2.75) is 50.8 Å². The van der Waals surface area contributed by atoms with Gasteiger partial charge in [0.05, 0.1) is 24.1 Å². The highest BCUT2D eigenvalue weighted by Crippen LogP contribution is 2.44. The number of hydrogen-bond donors (Lipinski definition) is 3. The highest BCUT2D eigenvalue weighted by Gasteiger charge is 2.43. The monoisotopic (exact) mass is 570 g/mol. The third-order valence-corrected chi connectivity index (χ3v) is 7.00. The van der Waals surface area contributed by atoms with E-state index in [-0.39, 0.29) is 41.3 Å². The maximum atomic E-state index is 14.4. The lowest BCUT2D eigenvalue weighted by atomic mass is 9.95. The average Bonchev–Trinajstić information content (AvgIpc) is 3.65.